The van der Waals surface area contributed by atoms with Gasteiger partial charge in [0.15, 0.2) is 0 Å². The molecule has 6 heteroatoms. The summed E-state index contributed by atoms with van der Waals surface area (Å²) in [7, 11) is -3.46. The molecule has 0 spiro atoms. The number of nitrogens with zero attached hydrogens (tertiary/aromatic N) is 1. The van der Waals surface area contributed by atoms with Gasteiger partial charge in [0.1, 0.15) is 0 Å². The summed E-state index contributed by atoms with van der Waals surface area (Å²) in [5, 5.41) is 3.16. The minimum absolute atomic E-state index is 0.0865. The molecule has 0 heterocycles. The van der Waals surface area contributed by atoms with Crippen molar-refractivity contribution in [3.63, 3.8) is 0 Å². The molecule has 2 aromatic carbocycles. The second-order valence-corrected chi connectivity index (χ2v) is 10.2. The number of rotatable bonds is 6. The van der Waals surface area contributed by atoms with Crippen molar-refractivity contribution in [1.82, 2.24) is 5.32 Å². The van der Waals surface area contributed by atoms with E-state index in [9.17, 15) is 13.2 Å². The van der Waals surface area contributed by atoms with Crippen molar-refractivity contribution in [2.75, 3.05) is 10.6 Å². The quantitative estimate of drug-likeness (QED) is 0.718. The first-order valence-corrected chi connectivity index (χ1v) is 12.6. The van der Waals surface area contributed by atoms with Gasteiger partial charge in [-0.15, -0.1) is 0 Å². The fourth-order valence-electron chi connectivity index (χ4n) is 3.91. The van der Waals surface area contributed by atoms with Crippen LogP contribution in [0.25, 0.3) is 0 Å². The van der Waals surface area contributed by atoms with Gasteiger partial charge in [0.05, 0.1) is 18.5 Å². The number of hydrogen-bond donors (Lipinski definition) is 1. The van der Waals surface area contributed by atoms with Gasteiger partial charge >= 0.3 is 0 Å². The lowest BCUT2D eigenvalue weighted by atomic mass is 9.96. The van der Waals surface area contributed by atoms with E-state index in [1.54, 1.807) is 24.3 Å². The second-order valence-electron chi connectivity index (χ2n) is 8.32. The average molecular weight is 429 g/mol. The first kappa shape index (κ1) is 22.3. The molecule has 1 saturated carbocycles. The highest BCUT2D eigenvalue weighted by molar-refractivity contribution is 7.92. The third-order valence-corrected chi connectivity index (χ3v) is 6.85. The van der Waals surface area contributed by atoms with Gasteiger partial charge in [-0.1, -0.05) is 61.9 Å². The summed E-state index contributed by atoms with van der Waals surface area (Å²) in [6.07, 6.45) is 9.35. The van der Waals surface area contributed by atoms with Crippen LogP contribution in [-0.4, -0.2) is 26.6 Å². The molecule has 1 amide bonds. The lowest BCUT2D eigenvalue weighted by molar-refractivity contribution is 0.0930. The molecule has 1 aliphatic rings. The van der Waals surface area contributed by atoms with Crippen LogP contribution in [0.15, 0.2) is 48.5 Å². The van der Waals surface area contributed by atoms with Crippen LogP contribution in [0.5, 0.6) is 0 Å². The van der Waals surface area contributed by atoms with Gasteiger partial charge in [0, 0.05) is 11.6 Å². The van der Waals surface area contributed by atoms with Crippen molar-refractivity contribution in [2.24, 2.45) is 0 Å². The minimum atomic E-state index is -3.46. The largest absolute Gasteiger partial charge is 0.349 e. The van der Waals surface area contributed by atoms with Crippen LogP contribution in [0.3, 0.4) is 0 Å². The van der Waals surface area contributed by atoms with Crippen LogP contribution in [0.1, 0.15) is 66.4 Å². The zero-order valence-electron chi connectivity index (χ0n) is 17.9. The minimum Gasteiger partial charge on any atom is -0.349 e. The van der Waals surface area contributed by atoms with Crippen molar-refractivity contribution in [1.29, 1.82) is 0 Å². The molecule has 2 aromatic rings. The Balaban J connectivity index is 1.71. The molecule has 0 radical (unpaired) electrons. The maximum Gasteiger partial charge on any atom is 0.251 e. The van der Waals surface area contributed by atoms with E-state index >= 15 is 0 Å². The predicted octanol–water partition coefficient (Wildman–Crippen LogP) is 4.80. The Kier molecular flexibility index (Phi) is 7.53. The van der Waals surface area contributed by atoms with Crippen LogP contribution in [-0.2, 0) is 16.6 Å². The molecule has 162 valence electrons. The molecule has 0 saturated heterocycles. The molecule has 1 N–H and O–H groups in total. The highest BCUT2D eigenvalue weighted by Crippen LogP contribution is 2.22. The number of anilines is 1. The van der Waals surface area contributed by atoms with Gasteiger partial charge in [-0.05, 0) is 49.6 Å². The molecule has 0 bridgehead atoms. The van der Waals surface area contributed by atoms with Crippen molar-refractivity contribution in [2.45, 2.75) is 64.5 Å². The van der Waals surface area contributed by atoms with Crippen LogP contribution in [0.4, 0.5) is 5.69 Å². The number of benzene rings is 2. The van der Waals surface area contributed by atoms with E-state index < -0.39 is 10.0 Å². The standard InChI is InChI=1S/C24H32N2O3S/c1-19-10-12-20(13-11-19)18-26(30(2,28)29)23-16-14-21(15-17-23)24(27)25-22-8-6-4-3-5-7-9-22/h10-17,22H,3-9,18H2,1-2H3,(H,25,27). The summed E-state index contributed by atoms with van der Waals surface area (Å²) >= 11 is 0. The summed E-state index contributed by atoms with van der Waals surface area (Å²) in [4.78, 5) is 12.7. The van der Waals surface area contributed by atoms with Gasteiger partial charge in [0.25, 0.3) is 5.91 Å². The molecule has 3 rings (SSSR count). The number of carbonyl (C=O) groups is 1. The van der Waals surface area contributed by atoms with Crippen LogP contribution < -0.4 is 9.62 Å². The van der Waals surface area contributed by atoms with Crippen molar-refractivity contribution >= 4 is 21.6 Å². The third kappa shape index (κ3) is 6.33. The Hall–Kier alpha value is -2.34. The fraction of sp³-hybridized carbons (Fsp3) is 0.458. The number of hydrogen-bond acceptors (Lipinski definition) is 3. The fourth-order valence-corrected chi connectivity index (χ4v) is 4.80. The highest BCUT2D eigenvalue weighted by atomic mass is 32.2. The van der Waals surface area contributed by atoms with Crippen LogP contribution in [0.2, 0.25) is 0 Å². The molecule has 30 heavy (non-hydrogen) atoms. The lowest BCUT2D eigenvalue weighted by Gasteiger charge is -2.23. The van der Waals surface area contributed by atoms with E-state index in [4.69, 9.17) is 0 Å². The molecule has 1 aliphatic carbocycles. The topological polar surface area (TPSA) is 66.5 Å². The Morgan fingerprint density at radius 2 is 1.50 bits per heavy atom. The summed E-state index contributed by atoms with van der Waals surface area (Å²) in [5.41, 5.74) is 3.16. The molecule has 5 nitrogen and oxygen atoms in total. The molecule has 0 atom stereocenters. The molecular weight excluding hydrogens is 396 g/mol. The zero-order valence-corrected chi connectivity index (χ0v) is 18.7. The summed E-state index contributed by atoms with van der Waals surface area (Å²) in [6, 6.07) is 14.9. The lowest BCUT2D eigenvalue weighted by Crippen LogP contribution is -2.35. The van der Waals surface area contributed by atoms with Gasteiger partial charge in [-0.2, -0.15) is 0 Å². The van der Waals surface area contributed by atoms with E-state index in [-0.39, 0.29) is 18.5 Å². The first-order valence-electron chi connectivity index (χ1n) is 10.8. The Bertz CT molecular complexity index is 929. The summed E-state index contributed by atoms with van der Waals surface area (Å²) in [5.74, 6) is -0.0865. The number of sulfonamides is 1. The van der Waals surface area contributed by atoms with Crippen molar-refractivity contribution in [3.05, 3.63) is 65.2 Å². The van der Waals surface area contributed by atoms with E-state index in [2.05, 4.69) is 5.32 Å². The van der Waals surface area contributed by atoms with Gasteiger partial charge in [0.2, 0.25) is 10.0 Å². The SMILES string of the molecule is Cc1ccc(CN(c2ccc(C(=O)NC3CCCCCCC3)cc2)S(C)(=O)=O)cc1. The first-order chi connectivity index (χ1) is 14.3. The molecule has 0 aromatic heterocycles. The summed E-state index contributed by atoms with van der Waals surface area (Å²) in [6.45, 7) is 2.26. The predicted molar refractivity (Wildman–Crippen MR) is 122 cm³/mol. The van der Waals surface area contributed by atoms with Crippen molar-refractivity contribution < 1.29 is 13.2 Å². The second kappa shape index (κ2) is 10.1. The Labute approximate surface area is 180 Å². The molecule has 0 aliphatic heterocycles. The van der Waals surface area contributed by atoms with Crippen LogP contribution >= 0.6 is 0 Å². The van der Waals surface area contributed by atoms with E-state index in [0.29, 0.717) is 11.3 Å². The monoisotopic (exact) mass is 428 g/mol. The summed E-state index contributed by atoms with van der Waals surface area (Å²) < 4.78 is 26.2. The number of nitrogens with one attached hydrogen (secondary N) is 1. The van der Waals surface area contributed by atoms with Crippen LogP contribution in [0, 0.1) is 6.92 Å². The number of aryl methyl sites for hydroxylation is 1. The number of carbonyl (C=O) groups excluding carboxylic acids is 1. The maximum atomic E-state index is 12.7. The van der Waals surface area contributed by atoms with E-state index in [1.165, 1.54) is 29.8 Å². The van der Waals surface area contributed by atoms with Crippen molar-refractivity contribution in [3.8, 4) is 0 Å². The smallest absolute Gasteiger partial charge is 0.251 e. The van der Waals surface area contributed by atoms with E-state index in [0.717, 1.165) is 36.8 Å². The zero-order chi connectivity index (χ0) is 21.6. The maximum absolute atomic E-state index is 12.7. The Morgan fingerprint density at radius 3 is 2.07 bits per heavy atom. The molecule has 1 fully saturated rings. The van der Waals surface area contributed by atoms with Gasteiger partial charge < -0.3 is 5.32 Å². The highest BCUT2D eigenvalue weighted by Gasteiger charge is 2.19. The molecular formula is C24H32N2O3S. The van der Waals surface area contributed by atoms with E-state index in [1.807, 2.05) is 31.2 Å². The molecule has 0 unspecified atom stereocenters. The average Bonchev–Trinajstić information content (AvgIpc) is 2.68. The Morgan fingerprint density at radius 1 is 0.933 bits per heavy atom. The van der Waals surface area contributed by atoms with Gasteiger partial charge in [-0.3, -0.25) is 9.10 Å². The van der Waals surface area contributed by atoms with Gasteiger partial charge in [-0.25, -0.2) is 8.42 Å². The normalized spacial score (nSPS) is 15.8. The number of amides is 1. The third-order valence-electron chi connectivity index (χ3n) is 5.70.